The summed E-state index contributed by atoms with van der Waals surface area (Å²) < 4.78 is 1.12. The van der Waals surface area contributed by atoms with E-state index in [1.807, 2.05) is 24.3 Å². The minimum atomic E-state index is -0.127. The number of fused-ring (bicyclic) bond motifs is 1. The zero-order valence-corrected chi connectivity index (χ0v) is 11.2. The van der Waals surface area contributed by atoms with Gasteiger partial charge in [-0.05, 0) is 31.4 Å². The van der Waals surface area contributed by atoms with E-state index in [9.17, 15) is 4.79 Å². The van der Waals surface area contributed by atoms with E-state index in [0.29, 0.717) is 0 Å². The van der Waals surface area contributed by atoms with Crippen LogP contribution in [0.1, 0.15) is 32.6 Å². The SMILES string of the molecule is CCC1(C(=O)Nc2nc3ccccc3s2)CCC1. The van der Waals surface area contributed by atoms with Gasteiger partial charge in [0, 0.05) is 5.41 Å². The minimum absolute atomic E-state index is 0.127. The average Bonchev–Trinajstić information content (AvgIpc) is 2.70. The van der Waals surface area contributed by atoms with Crippen molar-refractivity contribution in [1.82, 2.24) is 4.98 Å². The molecule has 0 atom stereocenters. The van der Waals surface area contributed by atoms with Crippen LogP contribution in [0, 0.1) is 5.41 Å². The number of amides is 1. The summed E-state index contributed by atoms with van der Waals surface area (Å²) in [7, 11) is 0. The van der Waals surface area contributed by atoms with Gasteiger partial charge >= 0.3 is 0 Å². The molecule has 1 heterocycles. The quantitative estimate of drug-likeness (QED) is 0.911. The second-order valence-corrected chi connectivity index (χ2v) is 5.96. The maximum atomic E-state index is 12.3. The standard InChI is InChI=1S/C14H16N2OS/c1-2-14(8-5-9-14)12(17)16-13-15-10-6-3-4-7-11(10)18-13/h3-4,6-7H,2,5,8-9H2,1H3,(H,15,16,17). The van der Waals surface area contributed by atoms with E-state index in [4.69, 9.17) is 0 Å². The van der Waals surface area contributed by atoms with Crippen LogP contribution in [0.25, 0.3) is 10.2 Å². The van der Waals surface area contributed by atoms with Gasteiger partial charge in [0.25, 0.3) is 0 Å². The lowest BCUT2D eigenvalue weighted by atomic mass is 9.66. The smallest absolute Gasteiger partial charge is 0.232 e. The molecular formula is C14H16N2OS. The number of anilines is 1. The minimum Gasteiger partial charge on any atom is -0.301 e. The van der Waals surface area contributed by atoms with Crippen molar-refractivity contribution < 1.29 is 4.79 Å². The van der Waals surface area contributed by atoms with E-state index < -0.39 is 0 Å². The summed E-state index contributed by atoms with van der Waals surface area (Å²) in [4.78, 5) is 16.7. The number of nitrogens with zero attached hydrogens (tertiary/aromatic N) is 1. The Bertz CT molecular complexity index is 548. The highest BCUT2D eigenvalue weighted by Gasteiger charge is 2.42. The molecule has 1 fully saturated rings. The Morgan fingerprint density at radius 2 is 2.22 bits per heavy atom. The van der Waals surface area contributed by atoms with Crippen molar-refractivity contribution in [1.29, 1.82) is 0 Å². The number of para-hydroxylation sites is 1. The maximum absolute atomic E-state index is 12.3. The third-order valence-corrected chi connectivity index (χ3v) is 4.94. The van der Waals surface area contributed by atoms with Crippen LogP contribution in [0.3, 0.4) is 0 Å². The number of rotatable bonds is 3. The highest BCUT2D eigenvalue weighted by molar-refractivity contribution is 7.22. The Kier molecular flexibility index (Phi) is 2.82. The molecule has 4 heteroatoms. The predicted molar refractivity (Wildman–Crippen MR) is 74.8 cm³/mol. The summed E-state index contributed by atoms with van der Waals surface area (Å²) in [6.45, 7) is 2.09. The molecule has 0 aliphatic heterocycles. The van der Waals surface area contributed by atoms with Crippen LogP contribution in [0.15, 0.2) is 24.3 Å². The van der Waals surface area contributed by atoms with Crippen LogP contribution in [0.4, 0.5) is 5.13 Å². The number of thiazole rings is 1. The van der Waals surface area contributed by atoms with E-state index in [2.05, 4.69) is 17.2 Å². The van der Waals surface area contributed by atoms with Crippen molar-refractivity contribution in [3.8, 4) is 0 Å². The van der Waals surface area contributed by atoms with Crippen molar-refractivity contribution in [2.24, 2.45) is 5.41 Å². The second kappa shape index (κ2) is 4.35. The summed E-state index contributed by atoms with van der Waals surface area (Å²) >= 11 is 1.54. The zero-order valence-electron chi connectivity index (χ0n) is 10.4. The van der Waals surface area contributed by atoms with Crippen LogP contribution in [0.5, 0.6) is 0 Å². The lowest BCUT2D eigenvalue weighted by molar-refractivity contribution is -0.130. The molecule has 1 aliphatic rings. The number of carbonyl (C=O) groups is 1. The van der Waals surface area contributed by atoms with E-state index in [1.165, 1.54) is 6.42 Å². The van der Waals surface area contributed by atoms with Gasteiger partial charge in [0.1, 0.15) is 0 Å². The number of carbonyl (C=O) groups excluding carboxylic acids is 1. The van der Waals surface area contributed by atoms with Crippen molar-refractivity contribution in [3.63, 3.8) is 0 Å². The summed E-state index contributed by atoms with van der Waals surface area (Å²) in [5, 5.41) is 3.72. The molecule has 18 heavy (non-hydrogen) atoms. The molecule has 94 valence electrons. The summed E-state index contributed by atoms with van der Waals surface area (Å²) in [5.41, 5.74) is 0.828. The number of nitrogens with one attached hydrogen (secondary N) is 1. The van der Waals surface area contributed by atoms with Gasteiger partial charge in [-0.1, -0.05) is 36.8 Å². The Balaban J connectivity index is 1.81. The first-order valence-electron chi connectivity index (χ1n) is 6.40. The molecule has 0 radical (unpaired) electrons. The Labute approximate surface area is 110 Å². The first-order chi connectivity index (χ1) is 8.73. The van der Waals surface area contributed by atoms with Crippen molar-refractivity contribution in [2.75, 3.05) is 5.32 Å². The normalized spacial score (nSPS) is 17.4. The van der Waals surface area contributed by atoms with Crippen molar-refractivity contribution in [3.05, 3.63) is 24.3 Å². The topological polar surface area (TPSA) is 42.0 Å². The molecule has 0 saturated heterocycles. The van der Waals surface area contributed by atoms with Crippen LogP contribution in [-0.2, 0) is 4.79 Å². The van der Waals surface area contributed by atoms with Gasteiger partial charge < -0.3 is 5.32 Å². The predicted octanol–water partition coefficient (Wildman–Crippen LogP) is 3.82. The van der Waals surface area contributed by atoms with Gasteiger partial charge in [-0.25, -0.2) is 4.98 Å². The van der Waals surface area contributed by atoms with Gasteiger partial charge in [0.2, 0.25) is 5.91 Å². The Hall–Kier alpha value is -1.42. The van der Waals surface area contributed by atoms with Crippen molar-refractivity contribution in [2.45, 2.75) is 32.6 Å². The van der Waals surface area contributed by atoms with Crippen LogP contribution in [0.2, 0.25) is 0 Å². The molecule has 1 amide bonds. The molecule has 2 aromatic rings. The van der Waals surface area contributed by atoms with E-state index in [0.717, 1.165) is 34.6 Å². The van der Waals surface area contributed by atoms with Gasteiger partial charge in [-0.3, -0.25) is 4.79 Å². The van der Waals surface area contributed by atoms with Gasteiger partial charge in [-0.15, -0.1) is 0 Å². The molecule has 0 bridgehead atoms. The van der Waals surface area contributed by atoms with Gasteiger partial charge in [0.05, 0.1) is 10.2 Å². The average molecular weight is 260 g/mol. The lowest BCUT2D eigenvalue weighted by Crippen LogP contribution is -2.41. The third-order valence-electron chi connectivity index (χ3n) is 3.98. The molecule has 0 unspecified atom stereocenters. The fraction of sp³-hybridized carbons (Fsp3) is 0.429. The van der Waals surface area contributed by atoms with Crippen LogP contribution >= 0.6 is 11.3 Å². The molecular weight excluding hydrogens is 244 g/mol. The molecule has 1 aromatic heterocycles. The van der Waals surface area contributed by atoms with Gasteiger partial charge in [0.15, 0.2) is 5.13 Å². The van der Waals surface area contributed by atoms with E-state index in [-0.39, 0.29) is 11.3 Å². The monoisotopic (exact) mass is 260 g/mol. The van der Waals surface area contributed by atoms with Crippen LogP contribution in [-0.4, -0.2) is 10.9 Å². The fourth-order valence-corrected chi connectivity index (χ4v) is 3.36. The van der Waals surface area contributed by atoms with Crippen molar-refractivity contribution >= 4 is 32.6 Å². The molecule has 0 spiro atoms. The van der Waals surface area contributed by atoms with Gasteiger partial charge in [-0.2, -0.15) is 0 Å². The molecule has 3 rings (SSSR count). The molecule has 1 saturated carbocycles. The Morgan fingerprint density at radius 1 is 1.44 bits per heavy atom. The number of hydrogen-bond donors (Lipinski definition) is 1. The summed E-state index contributed by atoms with van der Waals surface area (Å²) in [6, 6.07) is 7.96. The first-order valence-corrected chi connectivity index (χ1v) is 7.22. The third kappa shape index (κ3) is 1.81. The first kappa shape index (κ1) is 11.7. The second-order valence-electron chi connectivity index (χ2n) is 4.93. The van der Waals surface area contributed by atoms with E-state index in [1.54, 1.807) is 11.3 Å². The highest BCUT2D eigenvalue weighted by Crippen LogP contribution is 2.44. The molecule has 1 aromatic carbocycles. The fourth-order valence-electron chi connectivity index (χ4n) is 2.50. The molecule has 3 nitrogen and oxygen atoms in total. The maximum Gasteiger partial charge on any atom is 0.232 e. The zero-order chi connectivity index (χ0) is 12.6. The Morgan fingerprint density at radius 3 is 2.83 bits per heavy atom. The lowest BCUT2D eigenvalue weighted by Gasteiger charge is -2.39. The molecule has 1 N–H and O–H groups in total. The molecule has 1 aliphatic carbocycles. The summed E-state index contributed by atoms with van der Waals surface area (Å²) in [6.07, 6.45) is 4.12. The highest BCUT2D eigenvalue weighted by atomic mass is 32.1. The van der Waals surface area contributed by atoms with Crippen LogP contribution < -0.4 is 5.32 Å². The largest absolute Gasteiger partial charge is 0.301 e. The number of benzene rings is 1. The summed E-state index contributed by atoms with van der Waals surface area (Å²) in [5.74, 6) is 0.148. The number of hydrogen-bond acceptors (Lipinski definition) is 3. The van der Waals surface area contributed by atoms with E-state index >= 15 is 0 Å². The number of aromatic nitrogens is 1.